The van der Waals surface area contributed by atoms with Crippen molar-refractivity contribution in [3.8, 4) is 0 Å². The lowest BCUT2D eigenvalue weighted by atomic mass is 9.90. The zero-order valence-corrected chi connectivity index (χ0v) is 13.7. The van der Waals surface area contributed by atoms with Gasteiger partial charge in [-0.05, 0) is 75.3 Å². The summed E-state index contributed by atoms with van der Waals surface area (Å²) in [6.07, 6.45) is 2.27. The molecule has 1 aromatic rings. The Morgan fingerprint density at radius 2 is 2.05 bits per heavy atom. The summed E-state index contributed by atoms with van der Waals surface area (Å²) in [6, 6.07) is 2.13. The lowest BCUT2D eigenvalue weighted by Crippen LogP contribution is -2.36. The van der Waals surface area contributed by atoms with E-state index in [0.717, 1.165) is 49.2 Å². The Morgan fingerprint density at radius 3 is 2.67 bits per heavy atom. The molecule has 1 unspecified atom stereocenters. The number of aryl methyl sites for hydroxylation is 2. The van der Waals surface area contributed by atoms with Crippen LogP contribution in [0.5, 0.6) is 0 Å². The summed E-state index contributed by atoms with van der Waals surface area (Å²) in [5.41, 5.74) is 5.64. The largest absolute Gasteiger partial charge is 0.396 e. The minimum absolute atomic E-state index is 0.151. The Labute approximate surface area is 128 Å². The molecule has 0 saturated carbocycles. The SMILES string of the molecule is CC(=O)c1c(C)cc(C)c(CN2CCCC(CO)C2)c1C. The fourth-order valence-corrected chi connectivity index (χ4v) is 3.68. The highest BCUT2D eigenvalue weighted by molar-refractivity contribution is 5.97. The van der Waals surface area contributed by atoms with Gasteiger partial charge in [-0.25, -0.2) is 0 Å². The van der Waals surface area contributed by atoms with Crippen LogP contribution in [0.25, 0.3) is 0 Å². The highest BCUT2D eigenvalue weighted by Gasteiger charge is 2.21. The second kappa shape index (κ2) is 6.71. The van der Waals surface area contributed by atoms with Crippen molar-refractivity contribution in [3.05, 3.63) is 33.9 Å². The van der Waals surface area contributed by atoms with Crippen molar-refractivity contribution in [1.29, 1.82) is 0 Å². The maximum Gasteiger partial charge on any atom is 0.160 e. The number of carbonyl (C=O) groups is 1. The fraction of sp³-hybridized carbons (Fsp3) is 0.611. The van der Waals surface area contributed by atoms with E-state index in [1.54, 1.807) is 6.92 Å². The smallest absolute Gasteiger partial charge is 0.160 e. The van der Waals surface area contributed by atoms with Crippen molar-refractivity contribution in [3.63, 3.8) is 0 Å². The van der Waals surface area contributed by atoms with Crippen LogP contribution in [0.3, 0.4) is 0 Å². The van der Waals surface area contributed by atoms with Gasteiger partial charge < -0.3 is 5.11 Å². The molecule has 1 atom stereocenters. The molecule has 116 valence electrons. The van der Waals surface area contributed by atoms with E-state index < -0.39 is 0 Å². The number of aliphatic hydroxyl groups is 1. The van der Waals surface area contributed by atoms with Crippen molar-refractivity contribution < 1.29 is 9.90 Å². The van der Waals surface area contributed by atoms with Crippen LogP contribution in [0, 0.1) is 26.7 Å². The van der Waals surface area contributed by atoms with Gasteiger partial charge in [0.15, 0.2) is 5.78 Å². The number of hydrogen-bond donors (Lipinski definition) is 1. The van der Waals surface area contributed by atoms with Gasteiger partial charge in [-0.3, -0.25) is 9.69 Å². The first-order valence-electron chi connectivity index (χ1n) is 7.87. The van der Waals surface area contributed by atoms with Gasteiger partial charge >= 0.3 is 0 Å². The van der Waals surface area contributed by atoms with Crippen molar-refractivity contribution in [1.82, 2.24) is 4.90 Å². The molecule has 0 radical (unpaired) electrons. The van der Waals surface area contributed by atoms with E-state index >= 15 is 0 Å². The third-order valence-corrected chi connectivity index (χ3v) is 4.73. The number of likely N-dealkylation sites (tertiary alicyclic amines) is 1. The Bertz CT molecular complexity index is 537. The molecule has 3 heteroatoms. The third kappa shape index (κ3) is 3.53. The van der Waals surface area contributed by atoms with Gasteiger partial charge in [0.2, 0.25) is 0 Å². The molecule has 2 rings (SSSR count). The van der Waals surface area contributed by atoms with E-state index in [1.807, 2.05) is 6.92 Å². The summed E-state index contributed by atoms with van der Waals surface area (Å²) in [6.45, 7) is 11.1. The van der Waals surface area contributed by atoms with E-state index in [1.165, 1.54) is 11.1 Å². The number of hydrogen-bond acceptors (Lipinski definition) is 3. The first-order valence-corrected chi connectivity index (χ1v) is 7.87. The Hall–Kier alpha value is -1.19. The topological polar surface area (TPSA) is 40.5 Å². The molecule has 1 aliphatic rings. The average Bonchev–Trinajstić information content (AvgIpc) is 2.43. The van der Waals surface area contributed by atoms with Crippen LogP contribution in [0.4, 0.5) is 0 Å². The van der Waals surface area contributed by atoms with Gasteiger partial charge in [0.05, 0.1) is 0 Å². The normalized spacial score (nSPS) is 19.8. The van der Waals surface area contributed by atoms with Crippen LogP contribution in [0.2, 0.25) is 0 Å². The van der Waals surface area contributed by atoms with Gasteiger partial charge in [-0.2, -0.15) is 0 Å². The number of carbonyl (C=O) groups excluding carboxylic acids is 1. The average molecular weight is 289 g/mol. The predicted molar refractivity (Wildman–Crippen MR) is 85.7 cm³/mol. The fourth-order valence-electron chi connectivity index (χ4n) is 3.68. The van der Waals surface area contributed by atoms with Crippen LogP contribution < -0.4 is 0 Å². The van der Waals surface area contributed by atoms with Crippen LogP contribution in [0.15, 0.2) is 6.07 Å². The summed E-state index contributed by atoms with van der Waals surface area (Å²) in [5, 5.41) is 9.37. The Morgan fingerprint density at radius 1 is 1.33 bits per heavy atom. The molecule has 1 N–H and O–H groups in total. The number of ketones is 1. The Kier molecular flexibility index (Phi) is 5.17. The molecule has 3 nitrogen and oxygen atoms in total. The van der Waals surface area contributed by atoms with Crippen molar-refractivity contribution in [2.24, 2.45) is 5.92 Å². The predicted octanol–water partition coefficient (Wildman–Crippen LogP) is 3.02. The summed E-state index contributed by atoms with van der Waals surface area (Å²) in [4.78, 5) is 14.3. The summed E-state index contributed by atoms with van der Waals surface area (Å²) in [7, 11) is 0. The first kappa shape index (κ1) is 16.2. The van der Waals surface area contributed by atoms with Crippen molar-refractivity contribution in [2.45, 2.75) is 47.1 Å². The molecule has 0 aromatic heterocycles. The first-order chi connectivity index (χ1) is 9.93. The van der Waals surface area contributed by atoms with Gasteiger partial charge in [0.25, 0.3) is 0 Å². The molecule has 0 aliphatic carbocycles. The standard InChI is InChI=1S/C18H27NO2/c1-12-8-13(2)18(15(4)21)14(3)17(12)10-19-7-5-6-16(9-19)11-20/h8,16,20H,5-7,9-11H2,1-4H3. The van der Waals surface area contributed by atoms with Crippen molar-refractivity contribution in [2.75, 3.05) is 19.7 Å². The second-order valence-corrected chi connectivity index (χ2v) is 6.47. The van der Waals surface area contributed by atoms with E-state index in [2.05, 4.69) is 24.8 Å². The summed E-state index contributed by atoms with van der Waals surface area (Å²) >= 11 is 0. The van der Waals surface area contributed by atoms with E-state index in [4.69, 9.17) is 0 Å². The van der Waals surface area contributed by atoms with Gasteiger partial charge in [-0.15, -0.1) is 0 Å². The molecule has 0 spiro atoms. The monoisotopic (exact) mass is 289 g/mol. The molecule has 1 aliphatic heterocycles. The summed E-state index contributed by atoms with van der Waals surface area (Å²) in [5.74, 6) is 0.551. The minimum atomic E-state index is 0.151. The number of benzene rings is 1. The van der Waals surface area contributed by atoms with Crippen LogP contribution in [0.1, 0.15) is 52.4 Å². The molecule has 0 bridgehead atoms. The van der Waals surface area contributed by atoms with E-state index in [0.29, 0.717) is 5.92 Å². The zero-order chi connectivity index (χ0) is 15.6. The number of nitrogens with zero attached hydrogens (tertiary/aromatic N) is 1. The number of rotatable bonds is 4. The van der Waals surface area contributed by atoms with Crippen LogP contribution in [-0.4, -0.2) is 35.5 Å². The van der Waals surface area contributed by atoms with Gasteiger partial charge in [-0.1, -0.05) is 6.07 Å². The maximum absolute atomic E-state index is 11.9. The molecule has 1 heterocycles. The number of Topliss-reactive ketones (excluding diaryl/α,β-unsaturated/α-hetero) is 1. The van der Waals surface area contributed by atoms with E-state index in [9.17, 15) is 9.90 Å². The quantitative estimate of drug-likeness (QED) is 0.866. The van der Waals surface area contributed by atoms with Crippen molar-refractivity contribution >= 4 is 5.78 Å². The molecule has 21 heavy (non-hydrogen) atoms. The lowest BCUT2D eigenvalue weighted by Gasteiger charge is -2.33. The zero-order valence-electron chi connectivity index (χ0n) is 13.7. The minimum Gasteiger partial charge on any atom is -0.396 e. The third-order valence-electron chi connectivity index (χ3n) is 4.73. The molecule has 1 fully saturated rings. The highest BCUT2D eigenvalue weighted by Crippen LogP contribution is 2.26. The van der Waals surface area contributed by atoms with Crippen LogP contribution in [-0.2, 0) is 6.54 Å². The highest BCUT2D eigenvalue weighted by atomic mass is 16.3. The molecule has 1 saturated heterocycles. The second-order valence-electron chi connectivity index (χ2n) is 6.47. The molecular weight excluding hydrogens is 262 g/mol. The number of piperidine rings is 1. The summed E-state index contributed by atoms with van der Waals surface area (Å²) < 4.78 is 0. The molecule has 0 amide bonds. The molecular formula is C18H27NO2. The van der Waals surface area contributed by atoms with E-state index in [-0.39, 0.29) is 12.4 Å². The maximum atomic E-state index is 11.9. The Balaban J connectivity index is 2.27. The van der Waals surface area contributed by atoms with Gasteiger partial charge in [0.1, 0.15) is 0 Å². The van der Waals surface area contributed by atoms with Gasteiger partial charge in [0, 0.05) is 25.3 Å². The van der Waals surface area contributed by atoms with Crippen LogP contribution >= 0.6 is 0 Å². The number of aliphatic hydroxyl groups excluding tert-OH is 1. The molecule has 1 aromatic carbocycles. The lowest BCUT2D eigenvalue weighted by molar-refractivity contribution is 0.101.